The molecule has 0 aromatic carbocycles. The number of carbonyl (C=O) groups excluding carboxylic acids is 1. The second-order valence-electron chi connectivity index (χ2n) is 7.13. The van der Waals surface area contributed by atoms with E-state index in [2.05, 4.69) is 39.0 Å². The maximum Gasteiger partial charge on any atom is 0.119 e. The Labute approximate surface area is 128 Å². The highest BCUT2D eigenvalue weighted by molar-refractivity contribution is 8.65. The fourth-order valence-electron chi connectivity index (χ4n) is 3.31. The van der Waals surface area contributed by atoms with Gasteiger partial charge in [0.25, 0.3) is 0 Å². The molecule has 0 bridgehead atoms. The van der Waals surface area contributed by atoms with Crippen LogP contribution in [-0.2, 0) is 4.79 Å². The highest BCUT2D eigenvalue weighted by atomic mass is 32.5. The van der Waals surface area contributed by atoms with Gasteiger partial charge in [0.2, 0.25) is 0 Å². The van der Waals surface area contributed by atoms with Gasteiger partial charge in [-0.2, -0.15) is 12.6 Å². The number of hydrogen-bond donors (Lipinski definition) is 2. The van der Waals surface area contributed by atoms with E-state index in [-0.39, 0.29) is 8.67 Å². The molecule has 0 aromatic rings. The third-order valence-electron chi connectivity index (χ3n) is 4.36. The molecule has 0 rings (SSSR count). The molecule has 0 radical (unpaired) electrons. The zero-order valence-corrected chi connectivity index (χ0v) is 16.7. The van der Waals surface area contributed by atoms with Crippen molar-refractivity contribution in [3.8, 4) is 0 Å². The second kappa shape index (κ2) is 9.51. The van der Waals surface area contributed by atoms with Crippen molar-refractivity contribution in [1.29, 1.82) is 0 Å². The standard InChI is InChI=1S/C15H36OS2Si/c1-5-7-13-18(3,4,14-8-12-17)19-15(9-6-2)10-11-16/h11,15,17-18H,5-10,12-14,19H2,1-4H3. The summed E-state index contributed by atoms with van der Waals surface area (Å²) in [5.41, 5.74) is 0.756. The van der Waals surface area contributed by atoms with Crippen LogP contribution in [0.3, 0.4) is 0 Å². The van der Waals surface area contributed by atoms with Gasteiger partial charge >= 0.3 is 0 Å². The van der Waals surface area contributed by atoms with Crippen LogP contribution >= 0.6 is 21.2 Å². The Morgan fingerprint density at radius 3 is 2.26 bits per heavy atom. The van der Waals surface area contributed by atoms with Crippen molar-refractivity contribution in [1.82, 2.24) is 0 Å². The average molecular weight is 325 g/mol. The van der Waals surface area contributed by atoms with E-state index in [9.17, 15) is 4.79 Å². The molecule has 0 amide bonds. The summed E-state index contributed by atoms with van der Waals surface area (Å²) in [7, 11) is -1.63. The predicted octanol–water partition coefficient (Wildman–Crippen LogP) is 3.70. The zero-order chi connectivity index (χ0) is 14.8. The van der Waals surface area contributed by atoms with Crippen LogP contribution < -0.4 is 0 Å². The molecule has 1 unspecified atom stereocenters. The van der Waals surface area contributed by atoms with Gasteiger partial charge in [0.15, 0.2) is 0 Å². The van der Waals surface area contributed by atoms with Crippen molar-refractivity contribution in [2.24, 2.45) is 0 Å². The Morgan fingerprint density at radius 2 is 1.79 bits per heavy atom. The second-order valence-corrected chi connectivity index (χ2v) is 23.6. The monoisotopic (exact) mass is 324 g/mol. The molecule has 118 valence electrons. The van der Waals surface area contributed by atoms with Crippen LogP contribution in [0.2, 0.25) is 5.54 Å². The summed E-state index contributed by atoms with van der Waals surface area (Å²) in [5.74, 6) is 3.90. The first-order chi connectivity index (χ1) is 8.90. The molecule has 1 atom stereocenters. The molecule has 0 fully saturated rings. The molecule has 0 aromatic heterocycles. The van der Waals surface area contributed by atoms with Crippen molar-refractivity contribution >= 4 is 36.2 Å². The zero-order valence-electron chi connectivity index (χ0n) is 13.5. The molecule has 0 aliphatic heterocycles. The van der Waals surface area contributed by atoms with Gasteiger partial charge in [-0.3, -0.25) is 8.61 Å². The van der Waals surface area contributed by atoms with E-state index in [0.29, 0.717) is 0 Å². The van der Waals surface area contributed by atoms with E-state index in [0.717, 1.165) is 17.7 Å². The summed E-state index contributed by atoms with van der Waals surface area (Å²) in [6, 6.07) is 0. The first-order valence-corrected chi connectivity index (χ1v) is 15.0. The summed E-state index contributed by atoms with van der Waals surface area (Å²) < 4.78 is 0. The highest BCUT2D eigenvalue weighted by Crippen LogP contribution is 2.64. The van der Waals surface area contributed by atoms with Crippen LogP contribution in [0, 0.1) is 0 Å². The molecule has 1 nitrogen and oxygen atoms in total. The fourth-order valence-corrected chi connectivity index (χ4v) is 18.3. The number of aldehydes is 1. The Balaban J connectivity index is 4.82. The van der Waals surface area contributed by atoms with Crippen LogP contribution in [0.1, 0.15) is 52.4 Å². The van der Waals surface area contributed by atoms with Gasteiger partial charge < -0.3 is 4.79 Å². The average Bonchev–Trinajstić information content (AvgIpc) is 2.35. The Morgan fingerprint density at radius 1 is 1.16 bits per heavy atom. The van der Waals surface area contributed by atoms with Gasteiger partial charge in [-0.25, -0.2) is 0 Å². The lowest BCUT2D eigenvalue weighted by Crippen LogP contribution is -2.32. The molecule has 0 aliphatic carbocycles. The van der Waals surface area contributed by atoms with E-state index >= 15 is 0 Å². The van der Waals surface area contributed by atoms with Gasteiger partial charge in [-0.05, 0) is 35.6 Å². The lowest BCUT2D eigenvalue weighted by molar-refractivity contribution is -0.107. The SMILES string of the molecule is CCCC[SH](C)(C)(CCCS)[SiH2]C(CC=O)CCC. The highest BCUT2D eigenvalue weighted by Gasteiger charge is 2.33. The number of carbonyl (C=O) groups is 1. The van der Waals surface area contributed by atoms with Crippen LogP contribution in [0.5, 0.6) is 0 Å². The minimum Gasteiger partial charge on any atom is -0.303 e. The summed E-state index contributed by atoms with van der Waals surface area (Å²) in [6.07, 6.45) is 13.7. The molecule has 0 heterocycles. The van der Waals surface area contributed by atoms with Crippen LogP contribution in [0.15, 0.2) is 0 Å². The number of thiol groups is 2. The van der Waals surface area contributed by atoms with E-state index in [1.54, 1.807) is 0 Å². The maximum atomic E-state index is 10.9. The normalized spacial score (nSPS) is 16.4. The molecule has 0 N–H and O–H groups in total. The van der Waals surface area contributed by atoms with Crippen molar-refractivity contribution in [3.63, 3.8) is 0 Å². The molecular weight excluding hydrogens is 288 g/mol. The summed E-state index contributed by atoms with van der Waals surface area (Å²) >= 11 is 4.41. The molecule has 0 spiro atoms. The van der Waals surface area contributed by atoms with E-state index in [1.165, 1.54) is 49.9 Å². The Bertz CT molecular complexity index is 245. The molecule has 0 aliphatic rings. The Hall–Kier alpha value is 0.587. The van der Waals surface area contributed by atoms with E-state index in [1.807, 2.05) is 0 Å². The summed E-state index contributed by atoms with van der Waals surface area (Å²) in [6.45, 7) is 4.55. The third kappa shape index (κ3) is 8.46. The molecule has 0 saturated carbocycles. The van der Waals surface area contributed by atoms with Crippen molar-refractivity contribution in [3.05, 3.63) is 0 Å². The minimum absolute atomic E-state index is 0.151. The van der Waals surface area contributed by atoms with E-state index < -0.39 is 8.61 Å². The fraction of sp³-hybridized carbons (Fsp3) is 0.933. The predicted molar refractivity (Wildman–Crippen MR) is 102 cm³/mol. The third-order valence-corrected chi connectivity index (χ3v) is 18.1. The van der Waals surface area contributed by atoms with Crippen molar-refractivity contribution in [2.45, 2.75) is 57.9 Å². The maximum absolute atomic E-state index is 10.9. The number of hydrogen-bond acceptors (Lipinski definition) is 2. The number of rotatable bonds is 12. The lowest BCUT2D eigenvalue weighted by atomic mass is 10.2. The van der Waals surface area contributed by atoms with Crippen LogP contribution in [0.25, 0.3) is 0 Å². The van der Waals surface area contributed by atoms with Gasteiger partial charge in [0.05, 0.1) is 8.67 Å². The minimum atomic E-state index is -1.48. The lowest BCUT2D eigenvalue weighted by Gasteiger charge is -2.57. The van der Waals surface area contributed by atoms with Gasteiger partial charge in [-0.1, -0.05) is 45.6 Å². The van der Waals surface area contributed by atoms with Gasteiger partial charge in [0.1, 0.15) is 6.29 Å². The molecule has 4 heteroatoms. The summed E-state index contributed by atoms with van der Waals surface area (Å²) in [4.78, 5) is 10.9. The van der Waals surface area contributed by atoms with Crippen LogP contribution in [-0.4, -0.2) is 44.7 Å². The largest absolute Gasteiger partial charge is 0.303 e. The molecule has 19 heavy (non-hydrogen) atoms. The van der Waals surface area contributed by atoms with Crippen molar-refractivity contribution < 1.29 is 4.79 Å². The Kier molecular flexibility index (Phi) is 9.80. The first kappa shape index (κ1) is 19.6. The molecule has 0 saturated heterocycles. The van der Waals surface area contributed by atoms with Crippen LogP contribution in [0.4, 0.5) is 0 Å². The van der Waals surface area contributed by atoms with Gasteiger partial charge in [0, 0.05) is 6.42 Å². The quantitative estimate of drug-likeness (QED) is 0.318. The van der Waals surface area contributed by atoms with E-state index in [4.69, 9.17) is 0 Å². The smallest absolute Gasteiger partial charge is 0.119 e. The van der Waals surface area contributed by atoms with Gasteiger partial charge in [-0.15, -0.1) is 0 Å². The van der Waals surface area contributed by atoms with Crippen molar-refractivity contribution in [2.75, 3.05) is 29.8 Å². The topological polar surface area (TPSA) is 17.1 Å². The number of unbranched alkanes of at least 4 members (excludes halogenated alkanes) is 1. The summed E-state index contributed by atoms with van der Waals surface area (Å²) in [5, 5.41) is 0. The first-order valence-electron chi connectivity index (χ1n) is 7.94. The molecular formula is C15H36OS2Si.